The number of carbonyl (C=O) groups excluding carboxylic acids is 3. The number of aryl methyl sites for hydroxylation is 1. The first-order valence-electron chi connectivity index (χ1n) is 12.7. The fourth-order valence-corrected chi connectivity index (χ4v) is 5.17. The van der Waals surface area contributed by atoms with Gasteiger partial charge in [0.15, 0.2) is 0 Å². The summed E-state index contributed by atoms with van der Waals surface area (Å²) in [5.74, 6) is -0.659. The summed E-state index contributed by atoms with van der Waals surface area (Å²) in [4.78, 5) is 43.4. The fourth-order valence-electron chi connectivity index (χ4n) is 4.68. The number of benzene rings is 3. The quantitative estimate of drug-likeness (QED) is 0.434. The van der Waals surface area contributed by atoms with Crippen LogP contribution in [0, 0.1) is 0 Å². The summed E-state index contributed by atoms with van der Waals surface area (Å²) >= 11 is 12.3. The first kappa shape index (κ1) is 27.7. The van der Waals surface area contributed by atoms with Crippen molar-refractivity contribution in [3.63, 3.8) is 0 Å². The van der Waals surface area contributed by atoms with E-state index in [9.17, 15) is 14.4 Å². The van der Waals surface area contributed by atoms with Crippen molar-refractivity contribution in [2.45, 2.75) is 38.8 Å². The summed E-state index contributed by atoms with van der Waals surface area (Å²) in [5.41, 5.74) is 2.98. The highest BCUT2D eigenvalue weighted by Crippen LogP contribution is 2.24. The second-order valence-corrected chi connectivity index (χ2v) is 10.4. The molecule has 2 atom stereocenters. The van der Waals surface area contributed by atoms with Crippen LogP contribution < -0.4 is 5.32 Å². The molecule has 198 valence electrons. The fraction of sp³-hybridized carbons (Fsp3) is 0.300. The maximum absolute atomic E-state index is 13.7. The van der Waals surface area contributed by atoms with Gasteiger partial charge in [0.05, 0.1) is 10.6 Å². The van der Waals surface area contributed by atoms with Crippen LogP contribution in [0.5, 0.6) is 0 Å². The Morgan fingerprint density at radius 1 is 0.947 bits per heavy atom. The van der Waals surface area contributed by atoms with E-state index < -0.39 is 6.04 Å². The Balaban J connectivity index is 1.48. The van der Waals surface area contributed by atoms with Crippen LogP contribution in [0.1, 0.15) is 45.7 Å². The second kappa shape index (κ2) is 12.5. The molecule has 0 saturated carbocycles. The minimum Gasteiger partial charge on any atom is -0.340 e. The van der Waals surface area contributed by atoms with Crippen LogP contribution in [0.3, 0.4) is 0 Å². The average Bonchev–Trinajstić information content (AvgIpc) is 2.92. The zero-order valence-corrected chi connectivity index (χ0v) is 23.0. The standard InChI is InChI=1S/C30H31Cl2N3O3/c1-3-21-9-11-23(12-10-21)28(36)33-27(17-22-7-5-4-6-8-22)30(38)34-15-16-35(20(2)19-34)29(37)25-14-13-24(31)18-26(25)32/h4-14,18,20,27H,3,15-17,19H2,1-2H3,(H,33,36)/t20-,27-/m1/s1. The second-order valence-electron chi connectivity index (χ2n) is 9.52. The smallest absolute Gasteiger partial charge is 0.255 e. The zero-order chi connectivity index (χ0) is 27.2. The number of rotatable bonds is 7. The lowest BCUT2D eigenvalue weighted by atomic mass is 10.0. The van der Waals surface area contributed by atoms with E-state index in [1.807, 2.05) is 49.4 Å². The molecule has 6 nitrogen and oxygen atoms in total. The Labute approximate surface area is 233 Å². The highest BCUT2D eigenvalue weighted by Gasteiger charge is 2.34. The van der Waals surface area contributed by atoms with Gasteiger partial charge in [-0.15, -0.1) is 0 Å². The monoisotopic (exact) mass is 551 g/mol. The normalized spacial score (nSPS) is 16.2. The minimum absolute atomic E-state index is 0.171. The summed E-state index contributed by atoms with van der Waals surface area (Å²) in [6.45, 7) is 5.02. The van der Waals surface area contributed by atoms with Crippen molar-refractivity contribution in [2.24, 2.45) is 0 Å². The average molecular weight is 553 g/mol. The third kappa shape index (κ3) is 6.55. The van der Waals surface area contributed by atoms with Crippen molar-refractivity contribution >= 4 is 40.9 Å². The van der Waals surface area contributed by atoms with Gasteiger partial charge in [-0.1, -0.05) is 72.6 Å². The number of amides is 3. The SMILES string of the molecule is CCc1ccc(C(=O)N[C@H](Cc2ccccc2)C(=O)N2CCN(C(=O)c3ccc(Cl)cc3Cl)[C@H](C)C2)cc1. The zero-order valence-electron chi connectivity index (χ0n) is 21.5. The van der Waals surface area contributed by atoms with E-state index >= 15 is 0 Å². The molecule has 1 saturated heterocycles. The van der Waals surface area contributed by atoms with E-state index in [1.54, 1.807) is 40.1 Å². The molecule has 1 fully saturated rings. The predicted molar refractivity (Wildman–Crippen MR) is 151 cm³/mol. The number of halogens is 2. The van der Waals surface area contributed by atoms with E-state index in [0.717, 1.165) is 17.5 Å². The molecular weight excluding hydrogens is 521 g/mol. The molecule has 1 aliphatic rings. The van der Waals surface area contributed by atoms with Crippen molar-refractivity contribution in [3.05, 3.63) is 105 Å². The Morgan fingerprint density at radius 3 is 2.29 bits per heavy atom. The third-order valence-electron chi connectivity index (χ3n) is 6.87. The molecule has 0 aromatic heterocycles. The molecule has 0 radical (unpaired) electrons. The van der Waals surface area contributed by atoms with Gasteiger partial charge in [0.25, 0.3) is 11.8 Å². The van der Waals surface area contributed by atoms with Gasteiger partial charge in [-0.05, 0) is 54.8 Å². The van der Waals surface area contributed by atoms with E-state index in [0.29, 0.717) is 47.2 Å². The van der Waals surface area contributed by atoms with Gasteiger partial charge in [-0.3, -0.25) is 14.4 Å². The predicted octanol–water partition coefficient (Wildman–Crippen LogP) is 5.27. The van der Waals surface area contributed by atoms with Crippen LogP contribution in [0.15, 0.2) is 72.8 Å². The summed E-state index contributed by atoms with van der Waals surface area (Å²) in [7, 11) is 0. The summed E-state index contributed by atoms with van der Waals surface area (Å²) < 4.78 is 0. The largest absolute Gasteiger partial charge is 0.340 e. The van der Waals surface area contributed by atoms with E-state index in [2.05, 4.69) is 12.2 Å². The molecule has 1 N–H and O–H groups in total. The molecule has 38 heavy (non-hydrogen) atoms. The van der Waals surface area contributed by atoms with E-state index in [-0.39, 0.29) is 23.8 Å². The number of piperazine rings is 1. The first-order chi connectivity index (χ1) is 18.3. The molecule has 3 amide bonds. The van der Waals surface area contributed by atoms with Crippen LogP contribution in [-0.4, -0.2) is 59.2 Å². The highest BCUT2D eigenvalue weighted by atomic mass is 35.5. The first-order valence-corrected chi connectivity index (χ1v) is 13.5. The molecule has 0 spiro atoms. The van der Waals surface area contributed by atoms with Gasteiger partial charge >= 0.3 is 0 Å². The molecule has 1 heterocycles. The van der Waals surface area contributed by atoms with Crippen LogP contribution in [0.2, 0.25) is 10.0 Å². The van der Waals surface area contributed by atoms with Crippen molar-refractivity contribution < 1.29 is 14.4 Å². The van der Waals surface area contributed by atoms with Gasteiger partial charge < -0.3 is 15.1 Å². The number of nitrogens with one attached hydrogen (secondary N) is 1. The van der Waals surface area contributed by atoms with Gasteiger partial charge in [0.1, 0.15) is 6.04 Å². The van der Waals surface area contributed by atoms with Crippen molar-refractivity contribution in [1.82, 2.24) is 15.1 Å². The maximum atomic E-state index is 13.7. The van der Waals surface area contributed by atoms with Gasteiger partial charge in [0.2, 0.25) is 5.91 Å². The van der Waals surface area contributed by atoms with Crippen LogP contribution >= 0.6 is 23.2 Å². The number of hydrogen-bond donors (Lipinski definition) is 1. The molecule has 3 aromatic carbocycles. The Morgan fingerprint density at radius 2 is 1.66 bits per heavy atom. The number of carbonyl (C=O) groups is 3. The topological polar surface area (TPSA) is 69.7 Å². The molecule has 1 aliphatic heterocycles. The molecule has 0 aliphatic carbocycles. The molecular formula is C30H31Cl2N3O3. The van der Waals surface area contributed by atoms with Crippen molar-refractivity contribution in [2.75, 3.05) is 19.6 Å². The summed E-state index contributed by atoms with van der Waals surface area (Å²) in [5, 5.41) is 3.72. The molecule has 4 rings (SSSR count). The Kier molecular flexibility index (Phi) is 9.08. The van der Waals surface area contributed by atoms with Crippen LogP contribution in [0.4, 0.5) is 0 Å². The van der Waals surface area contributed by atoms with Crippen molar-refractivity contribution in [1.29, 1.82) is 0 Å². The lowest BCUT2D eigenvalue weighted by Crippen LogP contribution is -2.59. The van der Waals surface area contributed by atoms with E-state index in [4.69, 9.17) is 23.2 Å². The molecule has 3 aromatic rings. The lowest BCUT2D eigenvalue weighted by molar-refractivity contribution is -0.135. The molecule has 8 heteroatoms. The number of hydrogen-bond acceptors (Lipinski definition) is 3. The lowest BCUT2D eigenvalue weighted by Gasteiger charge is -2.41. The molecule has 0 unspecified atom stereocenters. The molecule has 0 bridgehead atoms. The van der Waals surface area contributed by atoms with Gasteiger partial charge in [-0.2, -0.15) is 0 Å². The van der Waals surface area contributed by atoms with Gasteiger partial charge in [-0.25, -0.2) is 0 Å². The highest BCUT2D eigenvalue weighted by molar-refractivity contribution is 6.36. The minimum atomic E-state index is -0.740. The summed E-state index contributed by atoms with van der Waals surface area (Å²) in [6, 6.07) is 20.9. The van der Waals surface area contributed by atoms with E-state index in [1.165, 1.54) is 0 Å². The van der Waals surface area contributed by atoms with Crippen LogP contribution in [-0.2, 0) is 17.6 Å². The van der Waals surface area contributed by atoms with Crippen molar-refractivity contribution in [3.8, 4) is 0 Å². The summed E-state index contributed by atoms with van der Waals surface area (Å²) in [6.07, 6.45) is 1.25. The Hall–Kier alpha value is -3.35. The van der Waals surface area contributed by atoms with Gasteiger partial charge in [0, 0.05) is 42.7 Å². The van der Waals surface area contributed by atoms with Crippen LogP contribution in [0.25, 0.3) is 0 Å². The maximum Gasteiger partial charge on any atom is 0.255 e. The number of nitrogens with zero attached hydrogens (tertiary/aromatic N) is 2. The third-order valence-corrected chi connectivity index (χ3v) is 7.42. The Bertz CT molecular complexity index is 1300.